The van der Waals surface area contributed by atoms with Gasteiger partial charge >= 0.3 is 0 Å². The number of fused-ring (bicyclic) bond motifs is 1. The Balaban J connectivity index is 2.37. The molecule has 4 nitrogen and oxygen atoms in total. The number of aliphatic hydroxyl groups excluding tert-OH is 1. The molecule has 0 aliphatic heterocycles. The van der Waals surface area contributed by atoms with Crippen LogP contribution in [-0.4, -0.2) is 23.5 Å². The smallest absolute Gasteiger partial charge is 0.170 e. The van der Waals surface area contributed by atoms with Crippen LogP contribution in [-0.2, 0) is 6.42 Å². The molecule has 2 rings (SSSR count). The second-order valence-electron chi connectivity index (χ2n) is 3.73. The molecular formula is C12H14ClNO3. The minimum absolute atomic E-state index is 0.0351. The summed E-state index contributed by atoms with van der Waals surface area (Å²) < 4.78 is 10.7. The van der Waals surface area contributed by atoms with Crippen molar-refractivity contribution in [2.75, 3.05) is 13.2 Å². The van der Waals surface area contributed by atoms with Gasteiger partial charge in [0.05, 0.1) is 17.3 Å². The summed E-state index contributed by atoms with van der Waals surface area (Å²) in [6.45, 7) is 2.68. The molecule has 5 heteroatoms. The molecular weight excluding hydrogens is 242 g/mol. The monoisotopic (exact) mass is 255 g/mol. The topological polar surface area (TPSA) is 55.5 Å². The van der Waals surface area contributed by atoms with Crippen molar-refractivity contribution in [2.45, 2.75) is 19.8 Å². The lowest BCUT2D eigenvalue weighted by molar-refractivity contribution is 0.295. The second kappa shape index (κ2) is 5.38. The average molecular weight is 256 g/mol. The van der Waals surface area contributed by atoms with E-state index in [1.165, 1.54) is 0 Å². The van der Waals surface area contributed by atoms with Gasteiger partial charge in [0.2, 0.25) is 0 Å². The van der Waals surface area contributed by atoms with E-state index in [1.807, 2.05) is 6.92 Å². The van der Waals surface area contributed by atoms with E-state index in [9.17, 15) is 0 Å². The molecule has 0 bridgehead atoms. The number of hydrogen-bond donors (Lipinski definition) is 1. The predicted octanol–water partition coefficient (Wildman–Crippen LogP) is 2.80. The molecule has 0 saturated carbocycles. The quantitative estimate of drug-likeness (QED) is 0.893. The van der Waals surface area contributed by atoms with Crippen LogP contribution < -0.4 is 4.74 Å². The summed E-state index contributed by atoms with van der Waals surface area (Å²) >= 11 is 6.11. The lowest BCUT2D eigenvalue weighted by Gasteiger charge is -2.06. The fourth-order valence-corrected chi connectivity index (χ4v) is 1.82. The van der Waals surface area contributed by atoms with E-state index in [2.05, 4.69) is 5.16 Å². The zero-order valence-corrected chi connectivity index (χ0v) is 10.3. The predicted molar refractivity (Wildman–Crippen MR) is 65.6 cm³/mol. The number of aliphatic hydroxyl groups is 1. The van der Waals surface area contributed by atoms with Crippen molar-refractivity contribution in [3.63, 3.8) is 0 Å². The number of hydrogen-bond acceptors (Lipinski definition) is 4. The third-order valence-electron chi connectivity index (χ3n) is 2.41. The van der Waals surface area contributed by atoms with Crippen molar-refractivity contribution in [2.24, 2.45) is 0 Å². The van der Waals surface area contributed by atoms with Gasteiger partial charge in [0.1, 0.15) is 5.75 Å². The molecule has 1 aromatic carbocycles. The summed E-state index contributed by atoms with van der Waals surface area (Å²) in [5.74, 6) is 0.604. The van der Waals surface area contributed by atoms with Crippen LogP contribution in [0.1, 0.15) is 19.0 Å². The highest BCUT2D eigenvalue weighted by molar-refractivity contribution is 6.32. The summed E-state index contributed by atoms with van der Waals surface area (Å²) in [4.78, 5) is 0. The number of rotatable bonds is 5. The fourth-order valence-electron chi connectivity index (χ4n) is 1.60. The molecule has 0 unspecified atom stereocenters. The number of halogens is 1. The highest BCUT2D eigenvalue weighted by Crippen LogP contribution is 2.32. The molecule has 0 amide bonds. The van der Waals surface area contributed by atoms with E-state index in [4.69, 9.17) is 26.0 Å². The van der Waals surface area contributed by atoms with Crippen LogP contribution in [0.3, 0.4) is 0 Å². The van der Waals surface area contributed by atoms with Crippen LogP contribution in [0.2, 0.25) is 5.02 Å². The first-order chi connectivity index (χ1) is 8.26. The Kier molecular flexibility index (Phi) is 3.86. The molecule has 0 aliphatic rings. The number of benzene rings is 1. The van der Waals surface area contributed by atoms with Gasteiger partial charge in [-0.25, -0.2) is 0 Å². The van der Waals surface area contributed by atoms with E-state index in [0.29, 0.717) is 35.1 Å². The molecule has 0 saturated heterocycles. The van der Waals surface area contributed by atoms with Crippen molar-refractivity contribution in [1.82, 2.24) is 5.16 Å². The SMILES string of the molecule is CCCOc1cc2onc(CCO)c2cc1Cl. The summed E-state index contributed by atoms with van der Waals surface area (Å²) in [6, 6.07) is 3.50. The Hall–Kier alpha value is -1.26. The van der Waals surface area contributed by atoms with Gasteiger partial charge in [0.25, 0.3) is 0 Å². The first kappa shape index (κ1) is 12.2. The van der Waals surface area contributed by atoms with E-state index in [-0.39, 0.29) is 6.61 Å². The highest BCUT2D eigenvalue weighted by Gasteiger charge is 2.12. The Bertz CT molecular complexity index is 510. The number of nitrogens with zero attached hydrogens (tertiary/aromatic N) is 1. The van der Waals surface area contributed by atoms with Crippen molar-refractivity contribution in [3.8, 4) is 5.75 Å². The second-order valence-corrected chi connectivity index (χ2v) is 4.14. The van der Waals surface area contributed by atoms with Crippen LogP contribution in [0.5, 0.6) is 5.75 Å². The largest absolute Gasteiger partial charge is 0.492 e. The van der Waals surface area contributed by atoms with Crippen LogP contribution in [0, 0.1) is 0 Å². The summed E-state index contributed by atoms with van der Waals surface area (Å²) in [5.41, 5.74) is 1.34. The molecule has 1 heterocycles. The van der Waals surface area contributed by atoms with Crippen LogP contribution in [0.15, 0.2) is 16.7 Å². The Morgan fingerprint density at radius 2 is 2.29 bits per heavy atom. The van der Waals surface area contributed by atoms with Crippen LogP contribution in [0.4, 0.5) is 0 Å². The minimum atomic E-state index is 0.0351. The van der Waals surface area contributed by atoms with Crippen molar-refractivity contribution in [3.05, 3.63) is 22.8 Å². The highest BCUT2D eigenvalue weighted by atomic mass is 35.5. The Morgan fingerprint density at radius 3 is 3.00 bits per heavy atom. The lowest BCUT2D eigenvalue weighted by atomic mass is 10.2. The summed E-state index contributed by atoms with van der Waals surface area (Å²) in [5, 5.41) is 14.2. The molecule has 0 fully saturated rings. The van der Waals surface area contributed by atoms with Gasteiger partial charge in [0.15, 0.2) is 5.58 Å². The van der Waals surface area contributed by atoms with Crippen molar-refractivity contribution in [1.29, 1.82) is 0 Å². The maximum Gasteiger partial charge on any atom is 0.170 e. The molecule has 0 spiro atoms. The van der Waals surface area contributed by atoms with E-state index in [1.54, 1.807) is 12.1 Å². The van der Waals surface area contributed by atoms with Crippen molar-refractivity contribution >= 4 is 22.6 Å². The van der Waals surface area contributed by atoms with Gasteiger partial charge in [-0.15, -0.1) is 0 Å². The molecule has 0 radical (unpaired) electrons. The van der Waals surface area contributed by atoms with Crippen LogP contribution >= 0.6 is 11.6 Å². The summed E-state index contributed by atoms with van der Waals surface area (Å²) in [7, 11) is 0. The number of ether oxygens (including phenoxy) is 1. The van der Waals surface area contributed by atoms with Crippen LogP contribution in [0.25, 0.3) is 11.0 Å². The molecule has 92 valence electrons. The molecule has 1 aromatic heterocycles. The third kappa shape index (κ3) is 2.53. The Labute approximate surface area is 104 Å². The van der Waals surface area contributed by atoms with Gasteiger partial charge in [-0.2, -0.15) is 0 Å². The zero-order valence-electron chi connectivity index (χ0n) is 9.57. The van der Waals surface area contributed by atoms with Crippen molar-refractivity contribution < 1.29 is 14.4 Å². The minimum Gasteiger partial charge on any atom is -0.492 e. The van der Waals surface area contributed by atoms with Gasteiger partial charge < -0.3 is 14.4 Å². The third-order valence-corrected chi connectivity index (χ3v) is 2.70. The zero-order chi connectivity index (χ0) is 12.3. The molecule has 2 aromatic rings. The average Bonchev–Trinajstić information content (AvgIpc) is 2.69. The van der Waals surface area contributed by atoms with Gasteiger partial charge in [-0.1, -0.05) is 23.7 Å². The maximum atomic E-state index is 8.90. The first-order valence-electron chi connectivity index (χ1n) is 5.57. The van der Waals surface area contributed by atoms with E-state index < -0.39 is 0 Å². The molecule has 1 N–H and O–H groups in total. The molecule has 17 heavy (non-hydrogen) atoms. The van der Waals surface area contributed by atoms with Gasteiger partial charge in [0, 0.05) is 24.5 Å². The van der Waals surface area contributed by atoms with Gasteiger partial charge in [-0.3, -0.25) is 0 Å². The lowest BCUT2D eigenvalue weighted by Crippen LogP contribution is -1.95. The Morgan fingerprint density at radius 1 is 1.47 bits per heavy atom. The normalized spacial score (nSPS) is 11.0. The molecule has 0 aliphatic carbocycles. The van der Waals surface area contributed by atoms with Gasteiger partial charge in [-0.05, 0) is 12.5 Å². The van der Waals surface area contributed by atoms with E-state index in [0.717, 1.165) is 11.8 Å². The standard InChI is InChI=1S/C12H14ClNO3/c1-2-5-16-12-7-11-8(6-9(12)13)10(3-4-15)14-17-11/h6-7,15H,2-5H2,1H3. The maximum absolute atomic E-state index is 8.90. The summed E-state index contributed by atoms with van der Waals surface area (Å²) in [6.07, 6.45) is 1.37. The van der Waals surface area contributed by atoms with E-state index >= 15 is 0 Å². The molecule has 0 atom stereocenters. The first-order valence-corrected chi connectivity index (χ1v) is 5.95. The fraction of sp³-hybridized carbons (Fsp3) is 0.417. The number of aromatic nitrogens is 1.